The smallest absolute Gasteiger partial charge is 0.487 e. The van der Waals surface area contributed by atoms with Gasteiger partial charge in [0.2, 0.25) is 0 Å². The summed E-state index contributed by atoms with van der Waals surface area (Å²) in [6.07, 6.45) is 0. The van der Waals surface area contributed by atoms with Gasteiger partial charge in [-0.25, -0.2) is 0 Å². The van der Waals surface area contributed by atoms with E-state index in [0.717, 1.165) is 6.07 Å². The Bertz CT molecular complexity index is 306. The normalized spacial score (nSPS) is 8.62. The van der Waals surface area contributed by atoms with Gasteiger partial charge in [-0.2, -0.15) is 18.2 Å². The van der Waals surface area contributed by atoms with Gasteiger partial charge >= 0.3 is 18.9 Å². The maximum Gasteiger partial charge on any atom is 1.00 e. The molecule has 0 aliphatic heterocycles. The monoisotopic (exact) mass is 173 g/mol. The van der Waals surface area contributed by atoms with Gasteiger partial charge in [0.15, 0.2) is 5.69 Å². The second-order valence-corrected chi connectivity index (χ2v) is 1.99. The van der Waals surface area contributed by atoms with Gasteiger partial charge in [0.25, 0.3) is 5.97 Å². The van der Waals surface area contributed by atoms with Crippen LogP contribution in [0.3, 0.4) is 0 Å². The van der Waals surface area contributed by atoms with Crippen molar-refractivity contribution in [2.45, 2.75) is 0 Å². The number of nitro benzene ring substituents is 1. The van der Waals surface area contributed by atoms with Gasteiger partial charge in [-0.1, -0.05) is 0 Å². The zero-order valence-corrected chi connectivity index (χ0v) is 6.85. The molecular weight excluding hydrogens is 169 g/mol. The van der Waals surface area contributed by atoms with Crippen LogP contribution in [0.4, 0.5) is 5.69 Å². The summed E-state index contributed by atoms with van der Waals surface area (Å²) in [5, 5.41) is 18.7. The van der Waals surface area contributed by atoms with Crippen LogP contribution in [0.2, 0.25) is 0 Å². The topological polar surface area (TPSA) is 80.4 Å². The third-order valence-corrected chi connectivity index (χ3v) is 1.25. The van der Waals surface area contributed by atoms with E-state index in [-0.39, 0.29) is 24.4 Å². The number of hydrogen-bond donors (Lipinski definition) is 1. The van der Waals surface area contributed by atoms with Gasteiger partial charge in [0.05, 0.1) is 0 Å². The van der Waals surface area contributed by atoms with E-state index in [0.29, 0.717) is 0 Å². The molecule has 0 radical (unpaired) electrons. The zero-order chi connectivity index (χ0) is 9.14. The Balaban J connectivity index is 0.00000144. The summed E-state index contributed by atoms with van der Waals surface area (Å²) in [6.45, 7) is 0. The number of carboxylic acids is 1. The fourth-order valence-electron chi connectivity index (χ4n) is 0.752. The molecule has 13 heavy (non-hydrogen) atoms. The minimum atomic E-state index is -1.32. The maximum absolute atomic E-state index is 10.4. The van der Waals surface area contributed by atoms with Crippen LogP contribution in [0, 0.1) is 16.2 Å². The summed E-state index contributed by atoms with van der Waals surface area (Å²) in [7, 11) is 0. The molecule has 0 heterocycles. The molecule has 0 fully saturated rings. The van der Waals surface area contributed by atoms with Crippen molar-refractivity contribution in [1.29, 1.82) is 0 Å². The predicted molar refractivity (Wildman–Crippen MR) is 38.9 cm³/mol. The molecule has 0 aromatic heterocycles. The number of aromatic carboxylic acids is 1. The number of benzene rings is 1. The quantitative estimate of drug-likeness (QED) is 0.245. The molecule has 6 heteroatoms. The van der Waals surface area contributed by atoms with Crippen LogP contribution >= 0.6 is 0 Å². The molecule has 1 rings (SSSR count). The van der Waals surface area contributed by atoms with Crippen molar-refractivity contribution in [2.75, 3.05) is 0 Å². The number of rotatable bonds is 2. The first-order chi connectivity index (χ1) is 5.63. The van der Waals surface area contributed by atoms with Crippen LogP contribution in [-0.2, 0) is 0 Å². The molecule has 0 unspecified atom stereocenters. The van der Waals surface area contributed by atoms with E-state index < -0.39 is 16.6 Å². The van der Waals surface area contributed by atoms with Gasteiger partial charge in [-0.15, -0.1) is 6.07 Å². The molecule has 0 bridgehead atoms. The number of hydrogen-bond acceptors (Lipinski definition) is 3. The molecule has 0 spiro atoms. The molecule has 0 amide bonds. The van der Waals surface area contributed by atoms with E-state index in [1.807, 2.05) is 0 Å². The van der Waals surface area contributed by atoms with Crippen LogP contribution in [-0.4, -0.2) is 16.0 Å². The number of para-hydroxylation sites is 1. The summed E-state index contributed by atoms with van der Waals surface area (Å²) >= 11 is 0. The van der Waals surface area contributed by atoms with E-state index in [1.54, 1.807) is 0 Å². The largest absolute Gasteiger partial charge is 1.00 e. The molecule has 1 aromatic carbocycles. The number of nitro groups is 1. The Morgan fingerprint density at radius 3 is 2.62 bits per heavy atom. The second-order valence-electron chi connectivity index (χ2n) is 1.99. The number of carbonyl (C=O) groups is 1. The second kappa shape index (κ2) is 4.65. The summed E-state index contributed by atoms with van der Waals surface area (Å²) in [6, 6.07) is 6.08. The standard InChI is InChI=1S/C7H4NO4.Li/c9-7(10)5-3-1-2-4-6(5)8(11)12;/h1-3H,(H,9,10);/q-1;+1. The molecule has 0 aliphatic carbocycles. The fraction of sp³-hybridized carbons (Fsp3) is 0. The summed E-state index contributed by atoms with van der Waals surface area (Å²) < 4.78 is 0. The Kier molecular flexibility index (Phi) is 4.18. The average Bonchev–Trinajstić information content (AvgIpc) is 2.04. The Morgan fingerprint density at radius 1 is 1.62 bits per heavy atom. The van der Waals surface area contributed by atoms with Gasteiger partial charge in [-0.3, -0.25) is 14.9 Å². The van der Waals surface area contributed by atoms with E-state index in [4.69, 9.17) is 5.11 Å². The molecule has 1 N–H and O–H groups in total. The van der Waals surface area contributed by atoms with Gasteiger partial charge in [-0.05, 0) is 0 Å². The van der Waals surface area contributed by atoms with Crippen molar-refractivity contribution >= 4 is 11.7 Å². The first-order valence-electron chi connectivity index (χ1n) is 3.01. The number of nitrogens with zero attached hydrogens (tertiary/aromatic N) is 1. The van der Waals surface area contributed by atoms with Gasteiger partial charge in [0, 0.05) is 10.5 Å². The molecule has 1 aromatic rings. The third kappa shape index (κ3) is 2.58. The Hall–Kier alpha value is -1.31. The zero-order valence-electron chi connectivity index (χ0n) is 6.85. The first-order valence-corrected chi connectivity index (χ1v) is 3.01. The minimum Gasteiger partial charge on any atom is -0.487 e. The van der Waals surface area contributed by atoms with E-state index >= 15 is 0 Å². The molecular formula is C7H4LiNO4. The van der Waals surface area contributed by atoms with Gasteiger partial charge in [0.1, 0.15) is 0 Å². The van der Waals surface area contributed by atoms with Crippen LogP contribution in [0.25, 0.3) is 0 Å². The predicted octanol–water partition coefficient (Wildman–Crippen LogP) is -1.90. The maximum atomic E-state index is 10.4. The summed E-state index contributed by atoms with van der Waals surface area (Å²) in [4.78, 5) is 19.9. The van der Waals surface area contributed by atoms with Crippen LogP contribution in [0.1, 0.15) is 10.4 Å². The van der Waals surface area contributed by atoms with Crippen molar-refractivity contribution in [3.63, 3.8) is 0 Å². The fourth-order valence-corrected chi connectivity index (χ4v) is 0.752. The van der Waals surface area contributed by atoms with Crippen molar-refractivity contribution in [2.24, 2.45) is 0 Å². The van der Waals surface area contributed by atoms with Gasteiger partial charge < -0.3 is 5.11 Å². The molecule has 0 saturated heterocycles. The van der Waals surface area contributed by atoms with Crippen molar-refractivity contribution in [3.05, 3.63) is 39.9 Å². The first kappa shape index (κ1) is 11.7. The van der Waals surface area contributed by atoms with Crippen molar-refractivity contribution in [3.8, 4) is 0 Å². The SMILES string of the molecule is O=C(O)c1ccc[c-]c1[N+](=O)[O-].[Li+]. The van der Waals surface area contributed by atoms with E-state index in [1.165, 1.54) is 12.1 Å². The van der Waals surface area contributed by atoms with Crippen LogP contribution in [0.5, 0.6) is 0 Å². The average molecular weight is 173 g/mol. The molecule has 0 atom stereocenters. The summed E-state index contributed by atoms with van der Waals surface area (Å²) in [5.41, 5.74) is -0.854. The minimum absolute atomic E-state index is 0. The molecule has 0 aliphatic rings. The number of carboxylic acid groups (broad SMARTS) is 1. The third-order valence-electron chi connectivity index (χ3n) is 1.25. The Labute approximate surface area is 85.7 Å². The van der Waals surface area contributed by atoms with Crippen molar-refractivity contribution in [1.82, 2.24) is 0 Å². The Morgan fingerprint density at radius 2 is 2.23 bits per heavy atom. The molecule has 0 saturated carbocycles. The molecule has 5 nitrogen and oxygen atoms in total. The van der Waals surface area contributed by atoms with Crippen LogP contribution in [0.15, 0.2) is 18.2 Å². The molecule has 62 valence electrons. The van der Waals surface area contributed by atoms with E-state index in [9.17, 15) is 14.9 Å². The summed E-state index contributed by atoms with van der Waals surface area (Å²) in [5.74, 6) is -1.32. The van der Waals surface area contributed by atoms with Crippen LogP contribution < -0.4 is 18.9 Å². The van der Waals surface area contributed by atoms with E-state index in [2.05, 4.69) is 6.07 Å². The van der Waals surface area contributed by atoms with Crippen molar-refractivity contribution < 1.29 is 33.7 Å².